The van der Waals surface area contributed by atoms with Gasteiger partial charge in [-0.25, -0.2) is 5.43 Å². The number of nitro groups is 1. The van der Waals surface area contributed by atoms with Crippen molar-refractivity contribution in [2.24, 2.45) is 5.10 Å². The second-order valence-corrected chi connectivity index (χ2v) is 6.54. The molecule has 148 valence electrons. The smallest absolute Gasteiger partial charge is 0.271 e. The zero-order chi connectivity index (χ0) is 20.7. The third-order valence-corrected chi connectivity index (χ3v) is 3.43. The van der Waals surface area contributed by atoms with Crippen molar-refractivity contribution in [3.8, 4) is 11.5 Å². The van der Waals surface area contributed by atoms with Gasteiger partial charge in [0.15, 0.2) is 0 Å². The van der Waals surface area contributed by atoms with Crippen LogP contribution in [0.5, 0.6) is 11.5 Å². The highest BCUT2D eigenvalue weighted by Gasteiger charge is 2.10. The van der Waals surface area contributed by atoms with Crippen LogP contribution in [0.3, 0.4) is 0 Å². The monoisotopic (exact) mass is 385 g/mol. The maximum absolute atomic E-state index is 12.1. The van der Waals surface area contributed by atoms with Gasteiger partial charge in [-0.3, -0.25) is 14.9 Å². The molecule has 28 heavy (non-hydrogen) atoms. The Morgan fingerprint density at radius 2 is 1.71 bits per heavy atom. The summed E-state index contributed by atoms with van der Waals surface area (Å²) in [6.07, 6.45) is 1.46. The molecule has 0 saturated carbocycles. The Kier molecular flexibility index (Phi) is 7.08. The van der Waals surface area contributed by atoms with Crippen molar-refractivity contribution in [1.29, 1.82) is 0 Å². The topological polar surface area (TPSA) is 103 Å². The first kappa shape index (κ1) is 20.9. The molecule has 0 aromatic heterocycles. The maximum atomic E-state index is 12.1. The fourth-order valence-corrected chi connectivity index (χ4v) is 2.28. The number of carbonyl (C=O) groups excluding carboxylic acids is 1. The molecule has 0 unspecified atom stereocenters. The van der Waals surface area contributed by atoms with Crippen molar-refractivity contribution >= 4 is 17.8 Å². The van der Waals surface area contributed by atoms with Crippen LogP contribution in [-0.2, 0) is 0 Å². The number of amides is 1. The predicted molar refractivity (Wildman–Crippen MR) is 106 cm³/mol. The van der Waals surface area contributed by atoms with Crippen molar-refractivity contribution in [3.05, 3.63) is 63.7 Å². The van der Waals surface area contributed by atoms with Gasteiger partial charge in [-0.1, -0.05) is 0 Å². The minimum Gasteiger partial charge on any atom is -0.491 e. The van der Waals surface area contributed by atoms with Gasteiger partial charge in [-0.15, -0.1) is 0 Å². The molecule has 2 rings (SSSR count). The second-order valence-electron chi connectivity index (χ2n) is 6.54. The van der Waals surface area contributed by atoms with E-state index in [0.29, 0.717) is 17.1 Å². The lowest BCUT2D eigenvalue weighted by Gasteiger charge is -2.15. The summed E-state index contributed by atoms with van der Waals surface area (Å²) in [5.74, 6) is 0.788. The number of hydrogen-bond donors (Lipinski definition) is 1. The van der Waals surface area contributed by atoms with Crippen molar-refractivity contribution in [3.63, 3.8) is 0 Å². The molecule has 0 aliphatic rings. The molecular formula is C20H23N3O5. The van der Waals surface area contributed by atoms with Gasteiger partial charge in [-0.2, -0.15) is 5.10 Å². The summed E-state index contributed by atoms with van der Waals surface area (Å²) in [6, 6.07) is 10.6. The molecule has 0 bridgehead atoms. The summed E-state index contributed by atoms with van der Waals surface area (Å²) in [5.41, 5.74) is 3.25. The molecule has 2 aromatic rings. The van der Waals surface area contributed by atoms with Gasteiger partial charge in [0.05, 0.1) is 23.3 Å². The molecule has 2 aromatic carbocycles. The highest BCUT2D eigenvalue weighted by atomic mass is 16.6. The Bertz CT molecular complexity index is 861. The third kappa shape index (κ3) is 6.08. The van der Waals surface area contributed by atoms with Crippen LogP contribution in [-0.4, -0.2) is 29.3 Å². The summed E-state index contributed by atoms with van der Waals surface area (Å²) in [7, 11) is 0. The Balaban J connectivity index is 2.11. The number of rotatable bonds is 8. The minimum atomic E-state index is -0.525. The molecule has 0 saturated heterocycles. The zero-order valence-corrected chi connectivity index (χ0v) is 16.2. The minimum absolute atomic E-state index is 0.0346. The van der Waals surface area contributed by atoms with E-state index in [9.17, 15) is 14.9 Å². The number of nitro benzene ring substituents is 1. The van der Waals surface area contributed by atoms with Crippen molar-refractivity contribution in [1.82, 2.24) is 5.43 Å². The molecule has 0 heterocycles. The summed E-state index contributed by atoms with van der Waals surface area (Å²) >= 11 is 0. The number of carbonyl (C=O) groups is 1. The molecule has 0 spiro atoms. The normalized spacial score (nSPS) is 11.1. The van der Waals surface area contributed by atoms with E-state index < -0.39 is 10.8 Å². The van der Waals surface area contributed by atoms with Gasteiger partial charge >= 0.3 is 0 Å². The number of nitrogens with zero attached hydrogens (tertiary/aromatic N) is 2. The van der Waals surface area contributed by atoms with Crippen LogP contribution in [0.15, 0.2) is 47.6 Å². The van der Waals surface area contributed by atoms with Gasteiger partial charge in [0.1, 0.15) is 11.5 Å². The second kappa shape index (κ2) is 9.50. The molecule has 0 atom stereocenters. The van der Waals surface area contributed by atoms with E-state index in [1.54, 1.807) is 18.2 Å². The van der Waals surface area contributed by atoms with Crippen molar-refractivity contribution in [2.75, 3.05) is 0 Å². The third-order valence-electron chi connectivity index (χ3n) is 3.43. The number of hydrazone groups is 1. The Morgan fingerprint density at radius 3 is 2.29 bits per heavy atom. The lowest BCUT2D eigenvalue weighted by Crippen LogP contribution is -2.17. The fraction of sp³-hybridized carbons (Fsp3) is 0.300. The highest BCUT2D eigenvalue weighted by Crippen LogP contribution is 2.25. The quantitative estimate of drug-likeness (QED) is 0.421. The number of nitrogens with one attached hydrogen (secondary N) is 1. The lowest BCUT2D eigenvalue weighted by molar-refractivity contribution is -0.384. The SMILES string of the molecule is CC(C)Oc1ccc(/C=N\NC(=O)c2ccc([N+](=O)[O-])cc2)c(OC(C)C)c1. The van der Waals surface area contributed by atoms with E-state index in [-0.39, 0.29) is 23.5 Å². The first-order valence-corrected chi connectivity index (χ1v) is 8.81. The predicted octanol–water partition coefficient (Wildman–Crippen LogP) is 3.93. The van der Waals surface area contributed by atoms with Crippen LogP contribution in [0.1, 0.15) is 43.6 Å². The molecule has 8 nitrogen and oxygen atoms in total. The number of hydrogen-bond acceptors (Lipinski definition) is 6. The van der Waals surface area contributed by atoms with E-state index >= 15 is 0 Å². The van der Waals surface area contributed by atoms with Crippen LogP contribution in [0.4, 0.5) is 5.69 Å². The van der Waals surface area contributed by atoms with Crippen molar-refractivity contribution < 1.29 is 19.2 Å². The van der Waals surface area contributed by atoms with Gasteiger partial charge in [0.2, 0.25) is 0 Å². The largest absolute Gasteiger partial charge is 0.491 e. The van der Waals surface area contributed by atoms with E-state index in [0.717, 1.165) is 0 Å². The van der Waals surface area contributed by atoms with E-state index in [2.05, 4.69) is 10.5 Å². The number of non-ortho nitro benzene ring substituents is 1. The molecule has 1 N–H and O–H groups in total. The Morgan fingerprint density at radius 1 is 1.07 bits per heavy atom. The van der Waals surface area contributed by atoms with Gasteiger partial charge in [0, 0.05) is 29.3 Å². The lowest BCUT2D eigenvalue weighted by atomic mass is 10.2. The highest BCUT2D eigenvalue weighted by molar-refractivity contribution is 5.95. The Hall–Kier alpha value is -3.42. The standard InChI is InChI=1S/C20H23N3O5/c1-13(2)27-18-10-7-16(19(11-18)28-14(3)4)12-21-22-20(24)15-5-8-17(9-6-15)23(25)26/h5-14H,1-4H3,(H,22,24)/b21-12-. The molecule has 0 aliphatic carbocycles. The summed E-state index contributed by atoms with van der Waals surface area (Å²) < 4.78 is 11.5. The Labute approximate surface area is 163 Å². The number of ether oxygens (including phenoxy) is 2. The van der Waals surface area contributed by atoms with Crippen molar-refractivity contribution in [2.45, 2.75) is 39.9 Å². The van der Waals surface area contributed by atoms with Gasteiger partial charge < -0.3 is 9.47 Å². The summed E-state index contributed by atoms with van der Waals surface area (Å²) in [4.78, 5) is 22.2. The molecule has 0 aliphatic heterocycles. The van der Waals surface area contributed by atoms with Crippen LogP contribution in [0.2, 0.25) is 0 Å². The van der Waals surface area contributed by atoms with Crippen LogP contribution < -0.4 is 14.9 Å². The first-order valence-electron chi connectivity index (χ1n) is 8.81. The van der Waals surface area contributed by atoms with Gasteiger partial charge in [0.25, 0.3) is 11.6 Å². The van der Waals surface area contributed by atoms with E-state index in [4.69, 9.17) is 9.47 Å². The van der Waals surface area contributed by atoms with Gasteiger partial charge in [-0.05, 0) is 52.0 Å². The van der Waals surface area contributed by atoms with Crippen LogP contribution in [0.25, 0.3) is 0 Å². The summed E-state index contributed by atoms with van der Waals surface area (Å²) in [6.45, 7) is 7.69. The molecule has 1 amide bonds. The fourth-order valence-electron chi connectivity index (χ4n) is 2.28. The number of benzene rings is 2. The molecular weight excluding hydrogens is 362 g/mol. The maximum Gasteiger partial charge on any atom is 0.271 e. The zero-order valence-electron chi connectivity index (χ0n) is 16.2. The van der Waals surface area contributed by atoms with E-state index in [1.165, 1.54) is 30.5 Å². The molecule has 0 fully saturated rings. The summed E-state index contributed by atoms with van der Waals surface area (Å²) in [5, 5.41) is 14.6. The van der Waals surface area contributed by atoms with E-state index in [1.807, 2.05) is 27.7 Å². The average Bonchev–Trinajstić information content (AvgIpc) is 2.62. The first-order chi connectivity index (χ1) is 13.3. The van der Waals surface area contributed by atoms with Crippen LogP contribution in [0, 0.1) is 10.1 Å². The molecule has 8 heteroatoms. The van der Waals surface area contributed by atoms with Crippen LogP contribution >= 0.6 is 0 Å². The molecule has 0 radical (unpaired) electrons. The average molecular weight is 385 g/mol.